The molecule has 0 radical (unpaired) electrons. The number of aryl methyl sites for hydroxylation is 1. The number of imide groups is 2. The van der Waals surface area contributed by atoms with Gasteiger partial charge in [0.1, 0.15) is 5.41 Å². The van der Waals surface area contributed by atoms with Crippen LogP contribution >= 0.6 is 0 Å². The summed E-state index contributed by atoms with van der Waals surface area (Å²) in [6.45, 7) is 3.03. The number of hydrogen-bond acceptors (Lipinski definition) is 6. The van der Waals surface area contributed by atoms with Crippen molar-refractivity contribution in [3.05, 3.63) is 65.9 Å². The lowest BCUT2D eigenvalue weighted by Gasteiger charge is -2.30. The molecule has 198 valence electrons. The Morgan fingerprint density at radius 3 is 2.21 bits per heavy atom. The molecule has 5 amide bonds. The van der Waals surface area contributed by atoms with Crippen molar-refractivity contribution in [3.8, 4) is 11.1 Å². The van der Waals surface area contributed by atoms with E-state index >= 15 is 0 Å². The quantitative estimate of drug-likeness (QED) is 0.378. The topological polar surface area (TPSA) is 155 Å². The number of pyridine rings is 1. The van der Waals surface area contributed by atoms with E-state index in [-0.39, 0.29) is 6.54 Å². The molecule has 2 aromatic carbocycles. The summed E-state index contributed by atoms with van der Waals surface area (Å²) < 4.78 is 31.7. The fourth-order valence-corrected chi connectivity index (χ4v) is 3.51. The lowest BCUT2D eigenvalue weighted by Crippen LogP contribution is -2.64. The van der Waals surface area contributed by atoms with Gasteiger partial charge in [0, 0.05) is 23.2 Å². The summed E-state index contributed by atoms with van der Waals surface area (Å²) >= 11 is 0. The zero-order chi connectivity index (χ0) is 28.3. The van der Waals surface area contributed by atoms with Gasteiger partial charge in [0.15, 0.2) is 0 Å². The summed E-state index contributed by atoms with van der Waals surface area (Å²) in [5, 5.41) is 14.8. The standard InChI is InChI=1S/C23H20N4O4.C2HF3O2/c1-13-10-17(16-8-3-4-9-18(16)25-13)14-6-5-7-15(11-14)19(28)24-12-23(2)20(29)26-22(31)27-21(23)30;3-2(4,5)1(6)7/h3-11H,12H2,1-2H3,(H,24,28)(H2,26,27,29,30,31);(H,6,7). The molecule has 10 nitrogen and oxygen atoms in total. The van der Waals surface area contributed by atoms with E-state index in [2.05, 4.69) is 10.3 Å². The van der Waals surface area contributed by atoms with Crippen LogP contribution in [-0.2, 0) is 14.4 Å². The van der Waals surface area contributed by atoms with Crippen LogP contribution in [0.15, 0.2) is 54.6 Å². The largest absolute Gasteiger partial charge is 0.490 e. The molecule has 0 spiro atoms. The molecule has 1 aliphatic rings. The van der Waals surface area contributed by atoms with Crippen LogP contribution in [0.2, 0.25) is 0 Å². The van der Waals surface area contributed by atoms with Gasteiger partial charge >= 0.3 is 18.2 Å². The van der Waals surface area contributed by atoms with Crippen LogP contribution in [-0.4, -0.2) is 52.5 Å². The van der Waals surface area contributed by atoms with E-state index < -0.39 is 41.3 Å². The van der Waals surface area contributed by atoms with Gasteiger partial charge in [-0.3, -0.25) is 30.0 Å². The van der Waals surface area contributed by atoms with Gasteiger partial charge in [-0.1, -0.05) is 30.3 Å². The first kappa shape index (κ1) is 27.8. The number of nitrogens with zero attached hydrogens (tertiary/aromatic N) is 1. The molecule has 2 heterocycles. The molecule has 13 heteroatoms. The van der Waals surface area contributed by atoms with Crippen molar-refractivity contribution in [1.29, 1.82) is 0 Å². The monoisotopic (exact) mass is 530 g/mol. The zero-order valence-electron chi connectivity index (χ0n) is 20.0. The number of carbonyl (C=O) groups excluding carboxylic acids is 4. The SMILES string of the molecule is Cc1cc(-c2cccc(C(=O)NCC3(C)C(=O)NC(=O)NC3=O)c2)c2ccccc2n1.O=C(O)C(F)(F)F. The van der Waals surface area contributed by atoms with Gasteiger partial charge in [-0.25, -0.2) is 9.59 Å². The molecule has 3 aromatic rings. The smallest absolute Gasteiger partial charge is 0.475 e. The molecular weight excluding hydrogens is 509 g/mol. The van der Waals surface area contributed by atoms with Crippen LogP contribution in [0.5, 0.6) is 0 Å². The molecule has 1 saturated heterocycles. The highest BCUT2D eigenvalue weighted by atomic mass is 19.4. The molecule has 0 aliphatic carbocycles. The molecule has 38 heavy (non-hydrogen) atoms. The third kappa shape index (κ3) is 6.11. The summed E-state index contributed by atoms with van der Waals surface area (Å²) in [7, 11) is 0. The number of alkyl halides is 3. The van der Waals surface area contributed by atoms with Crippen LogP contribution < -0.4 is 16.0 Å². The predicted octanol–water partition coefficient (Wildman–Crippen LogP) is 2.95. The molecule has 4 rings (SSSR count). The molecule has 1 fully saturated rings. The average molecular weight is 530 g/mol. The van der Waals surface area contributed by atoms with Crippen LogP contribution in [0.1, 0.15) is 23.0 Å². The maximum absolute atomic E-state index is 12.8. The molecular formula is C25H21F3N4O6. The molecule has 0 unspecified atom stereocenters. The highest BCUT2D eigenvalue weighted by Crippen LogP contribution is 2.29. The summed E-state index contributed by atoms with van der Waals surface area (Å²) in [6.07, 6.45) is -5.08. The van der Waals surface area contributed by atoms with Gasteiger partial charge in [0.25, 0.3) is 5.91 Å². The van der Waals surface area contributed by atoms with Gasteiger partial charge in [-0.2, -0.15) is 13.2 Å². The highest BCUT2D eigenvalue weighted by Gasteiger charge is 2.46. The first-order valence-electron chi connectivity index (χ1n) is 10.9. The van der Waals surface area contributed by atoms with Crippen LogP contribution in [0.25, 0.3) is 22.0 Å². The number of barbiturate groups is 1. The number of fused-ring (bicyclic) bond motifs is 1. The van der Waals surface area contributed by atoms with E-state index in [1.54, 1.807) is 18.2 Å². The Labute approximate surface area is 213 Å². The van der Waals surface area contributed by atoms with Crippen molar-refractivity contribution in [2.45, 2.75) is 20.0 Å². The second-order valence-electron chi connectivity index (χ2n) is 8.46. The Bertz CT molecular complexity index is 1430. The zero-order valence-corrected chi connectivity index (χ0v) is 20.0. The lowest BCUT2D eigenvalue weighted by molar-refractivity contribution is -0.192. The number of aromatic nitrogens is 1. The van der Waals surface area contributed by atoms with Crippen molar-refractivity contribution in [2.24, 2.45) is 5.41 Å². The number of aliphatic carboxylic acids is 1. The van der Waals surface area contributed by atoms with Crippen molar-refractivity contribution in [3.63, 3.8) is 0 Å². The second kappa shape index (κ2) is 10.7. The van der Waals surface area contributed by atoms with E-state index in [0.29, 0.717) is 5.56 Å². The second-order valence-corrected chi connectivity index (χ2v) is 8.46. The predicted molar refractivity (Wildman–Crippen MR) is 128 cm³/mol. The number of para-hydroxylation sites is 1. The van der Waals surface area contributed by atoms with Crippen LogP contribution in [0.3, 0.4) is 0 Å². The summed E-state index contributed by atoms with van der Waals surface area (Å²) in [5.41, 5.74) is 2.32. The van der Waals surface area contributed by atoms with E-state index in [0.717, 1.165) is 27.7 Å². The van der Waals surface area contributed by atoms with E-state index in [4.69, 9.17) is 9.90 Å². The molecule has 0 atom stereocenters. The lowest BCUT2D eigenvalue weighted by atomic mass is 9.86. The van der Waals surface area contributed by atoms with Gasteiger partial charge < -0.3 is 10.4 Å². The molecule has 1 aliphatic heterocycles. The maximum Gasteiger partial charge on any atom is 0.490 e. The third-order valence-corrected chi connectivity index (χ3v) is 5.58. The van der Waals surface area contributed by atoms with E-state index in [9.17, 15) is 32.3 Å². The number of benzene rings is 2. The van der Waals surface area contributed by atoms with Crippen molar-refractivity contribution < 1.29 is 42.3 Å². The number of carboxylic acids is 1. The Morgan fingerprint density at radius 1 is 1.00 bits per heavy atom. The number of amides is 5. The number of nitrogens with one attached hydrogen (secondary N) is 3. The first-order valence-corrected chi connectivity index (χ1v) is 10.9. The first-order chi connectivity index (χ1) is 17.7. The van der Waals surface area contributed by atoms with E-state index in [1.807, 2.05) is 54.0 Å². The highest BCUT2D eigenvalue weighted by molar-refractivity contribution is 6.19. The fraction of sp³-hybridized carbons (Fsp3) is 0.200. The fourth-order valence-electron chi connectivity index (χ4n) is 3.51. The number of halogens is 3. The number of carboxylic acid groups (broad SMARTS) is 1. The Hall–Kier alpha value is -4.81. The molecule has 0 bridgehead atoms. The Kier molecular flexibility index (Phi) is 7.79. The van der Waals surface area contributed by atoms with Crippen molar-refractivity contribution in [1.82, 2.24) is 20.9 Å². The van der Waals surface area contributed by atoms with Crippen molar-refractivity contribution in [2.75, 3.05) is 6.54 Å². The number of carbonyl (C=O) groups is 5. The number of rotatable bonds is 4. The maximum atomic E-state index is 12.8. The third-order valence-electron chi connectivity index (χ3n) is 5.58. The average Bonchev–Trinajstić information content (AvgIpc) is 2.85. The van der Waals surface area contributed by atoms with Crippen molar-refractivity contribution >= 4 is 40.6 Å². The Balaban J connectivity index is 0.000000505. The minimum absolute atomic E-state index is 0.252. The normalized spacial score (nSPS) is 14.6. The summed E-state index contributed by atoms with van der Waals surface area (Å²) in [6, 6.07) is 16.0. The van der Waals surface area contributed by atoms with E-state index in [1.165, 1.54) is 6.92 Å². The van der Waals surface area contributed by atoms with Gasteiger partial charge in [0.2, 0.25) is 11.8 Å². The molecule has 0 saturated carbocycles. The Morgan fingerprint density at radius 2 is 1.61 bits per heavy atom. The summed E-state index contributed by atoms with van der Waals surface area (Å²) in [4.78, 5) is 61.7. The molecule has 4 N–H and O–H groups in total. The summed E-state index contributed by atoms with van der Waals surface area (Å²) in [5.74, 6) is -4.70. The minimum atomic E-state index is -5.08. The minimum Gasteiger partial charge on any atom is -0.475 e. The van der Waals surface area contributed by atoms with Gasteiger partial charge in [-0.05, 0) is 49.2 Å². The molecule has 1 aromatic heterocycles. The number of urea groups is 1. The van der Waals surface area contributed by atoms with Gasteiger partial charge in [-0.15, -0.1) is 0 Å². The van der Waals surface area contributed by atoms with Crippen LogP contribution in [0.4, 0.5) is 18.0 Å². The van der Waals surface area contributed by atoms with Gasteiger partial charge in [0.05, 0.1) is 5.52 Å². The number of hydrogen-bond donors (Lipinski definition) is 4. The van der Waals surface area contributed by atoms with Crippen LogP contribution in [0, 0.1) is 12.3 Å².